The molecule has 2 rings (SSSR count). The van der Waals surface area contributed by atoms with Crippen molar-refractivity contribution in [3.8, 4) is 0 Å². The minimum atomic E-state index is -0.172. The lowest BCUT2D eigenvalue weighted by atomic mass is 9.80. The second-order valence-electron chi connectivity index (χ2n) is 4.44. The summed E-state index contributed by atoms with van der Waals surface area (Å²) in [5.74, 6) is 6.61. The summed E-state index contributed by atoms with van der Waals surface area (Å²) in [5.41, 5.74) is 11.6. The monoisotopic (exact) mass is 210 g/mol. The molecule has 0 atom stereocenters. The van der Waals surface area contributed by atoms with E-state index in [0.29, 0.717) is 12.2 Å². The van der Waals surface area contributed by atoms with Crippen LogP contribution in [-0.4, -0.2) is 20.4 Å². The molecule has 0 radical (unpaired) electrons. The fraction of sp³-hybridized carbons (Fsp3) is 0.778. The van der Waals surface area contributed by atoms with Gasteiger partial charge in [-0.3, -0.25) is 0 Å². The molecule has 1 saturated carbocycles. The van der Waals surface area contributed by atoms with Gasteiger partial charge in [0.15, 0.2) is 5.82 Å². The van der Waals surface area contributed by atoms with Crippen molar-refractivity contribution in [2.75, 3.05) is 11.6 Å². The molecule has 1 heterocycles. The number of aromatic nitrogens is 3. The molecule has 1 aliphatic rings. The first-order chi connectivity index (χ1) is 7.11. The summed E-state index contributed by atoms with van der Waals surface area (Å²) in [6.07, 6.45) is 6.36. The molecule has 0 aliphatic heterocycles. The summed E-state index contributed by atoms with van der Waals surface area (Å²) in [5, 5.41) is 7.66. The minimum absolute atomic E-state index is 0.172. The van der Waals surface area contributed by atoms with Gasteiger partial charge < -0.3 is 17.3 Å². The average Bonchev–Trinajstić information content (AvgIpc) is 2.50. The van der Waals surface area contributed by atoms with Gasteiger partial charge in [-0.05, 0) is 12.8 Å². The number of anilines is 1. The summed E-state index contributed by atoms with van der Waals surface area (Å²) >= 11 is 0. The van der Waals surface area contributed by atoms with Crippen molar-refractivity contribution < 1.29 is 0 Å². The zero-order valence-electron chi connectivity index (χ0n) is 8.82. The highest BCUT2D eigenvalue weighted by Gasteiger charge is 2.29. The van der Waals surface area contributed by atoms with E-state index in [4.69, 9.17) is 17.3 Å². The van der Waals surface area contributed by atoms with Crippen LogP contribution in [0, 0.1) is 0 Å². The van der Waals surface area contributed by atoms with E-state index in [1.54, 1.807) is 0 Å². The zero-order chi connectivity index (χ0) is 10.9. The Labute approximate surface area is 88.8 Å². The molecule has 15 heavy (non-hydrogen) atoms. The van der Waals surface area contributed by atoms with Gasteiger partial charge in [-0.2, -0.15) is 0 Å². The fourth-order valence-electron chi connectivity index (χ4n) is 2.21. The molecule has 0 amide bonds. The number of rotatable bonds is 2. The van der Waals surface area contributed by atoms with Crippen LogP contribution in [0.5, 0.6) is 0 Å². The van der Waals surface area contributed by atoms with Gasteiger partial charge in [-0.15, -0.1) is 10.2 Å². The Morgan fingerprint density at radius 1 is 1.20 bits per heavy atom. The van der Waals surface area contributed by atoms with Gasteiger partial charge in [-0.1, -0.05) is 19.3 Å². The van der Waals surface area contributed by atoms with E-state index in [2.05, 4.69) is 10.2 Å². The predicted molar refractivity (Wildman–Crippen MR) is 58.3 cm³/mol. The van der Waals surface area contributed by atoms with E-state index in [1.807, 2.05) is 0 Å². The Kier molecular flexibility index (Phi) is 2.52. The van der Waals surface area contributed by atoms with Crippen LogP contribution in [0.3, 0.4) is 0 Å². The lowest BCUT2D eigenvalue weighted by Crippen LogP contribution is -2.44. The Morgan fingerprint density at radius 3 is 2.40 bits per heavy atom. The van der Waals surface area contributed by atoms with Crippen molar-refractivity contribution >= 4 is 5.95 Å². The Bertz CT molecular complexity index is 338. The van der Waals surface area contributed by atoms with Gasteiger partial charge >= 0.3 is 0 Å². The molecule has 0 spiro atoms. The number of nitrogens with two attached hydrogens (primary N) is 3. The molecule has 0 bridgehead atoms. The number of hydrogen-bond acceptors (Lipinski definition) is 5. The normalized spacial score (nSPS) is 20.3. The molecule has 0 unspecified atom stereocenters. The maximum absolute atomic E-state index is 6.29. The molecule has 6 N–H and O–H groups in total. The highest BCUT2D eigenvalue weighted by Crippen LogP contribution is 2.28. The summed E-state index contributed by atoms with van der Waals surface area (Å²) in [6.45, 7) is 0. The molecule has 6 nitrogen and oxygen atoms in total. The van der Waals surface area contributed by atoms with Crippen molar-refractivity contribution in [2.45, 2.75) is 44.1 Å². The van der Waals surface area contributed by atoms with E-state index < -0.39 is 0 Å². The van der Waals surface area contributed by atoms with Crippen LogP contribution in [0.15, 0.2) is 0 Å². The lowest BCUT2D eigenvalue weighted by Gasteiger charge is -2.32. The number of nitrogens with zero attached hydrogens (tertiary/aromatic N) is 3. The third-order valence-electron chi connectivity index (χ3n) is 3.15. The second-order valence-corrected chi connectivity index (χ2v) is 4.44. The van der Waals surface area contributed by atoms with E-state index in [-0.39, 0.29) is 11.5 Å². The van der Waals surface area contributed by atoms with Crippen LogP contribution < -0.4 is 17.3 Å². The lowest BCUT2D eigenvalue weighted by molar-refractivity contribution is 0.288. The van der Waals surface area contributed by atoms with Gasteiger partial charge in [0.05, 0.1) is 0 Å². The predicted octanol–water partition coefficient (Wildman–Crippen LogP) is -0.222. The standard InChI is InChI=1S/C9H18N6/c10-8-14-13-7(15(8)12)6-9(11)4-2-1-3-5-9/h1-6,11-12H2,(H2,10,14). The summed E-state index contributed by atoms with van der Waals surface area (Å²) in [7, 11) is 0. The Balaban J connectivity index is 2.10. The molecular formula is C9H18N6. The maximum atomic E-state index is 6.29. The number of hydrogen-bond donors (Lipinski definition) is 3. The average molecular weight is 210 g/mol. The fourth-order valence-corrected chi connectivity index (χ4v) is 2.21. The summed E-state index contributed by atoms with van der Waals surface area (Å²) < 4.78 is 1.32. The number of nitrogen functional groups attached to an aromatic ring is 2. The first-order valence-electron chi connectivity index (χ1n) is 5.34. The second kappa shape index (κ2) is 3.69. The molecule has 1 aliphatic carbocycles. The van der Waals surface area contributed by atoms with Gasteiger partial charge in [-0.25, -0.2) is 4.68 Å². The van der Waals surface area contributed by atoms with Crippen molar-refractivity contribution in [3.63, 3.8) is 0 Å². The van der Waals surface area contributed by atoms with Crippen molar-refractivity contribution in [2.24, 2.45) is 5.73 Å². The highest BCUT2D eigenvalue weighted by atomic mass is 15.4. The molecule has 1 aromatic heterocycles. The molecule has 6 heteroatoms. The van der Waals surface area contributed by atoms with E-state index in [9.17, 15) is 0 Å². The quantitative estimate of drug-likeness (QED) is 0.585. The Morgan fingerprint density at radius 2 is 1.87 bits per heavy atom. The maximum Gasteiger partial charge on any atom is 0.240 e. The van der Waals surface area contributed by atoms with Gasteiger partial charge in [0, 0.05) is 12.0 Å². The summed E-state index contributed by atoms with van der Waals surface area (Å²) in [6, 6.07) is 0. The van der Waals surface area contributed by atoms with E-state index in [1.165, 1.54) is 23.9 Å². The third kappa shape index (κ3) is 2.04. The third-order valence-corrected chi connectivity index (χ3v) is 3.15. The van der Waals surface area contributed by atoms with E-state index >= 15 is 0 Å². The first kappa shape index (κ1) is 10.2. The van der Waals surface area contributed by atoms with Gasteiger partial charge in [0.1, 0.15) is 0 Å². The highest BCUT2D eigenvalue weighted by molar-refractivity contribution is 5.18. The van der Waals surface area contributed by atoms with Gasteiger partial charge in [0.2, 0.25) is 5.95 Å². The molecule has 1 fully saturated rings. The molecule has 0 saturated heterocycles. The smallest absolute Gasteiger partial charge is 0.240 e. The Hall–Kier alpha value is -1.30. The van der Waals surface area contributed by atoms with Crippen LogP contribution >= 0.6 is 0 Å². The van der Waals surface area contributed by atoms with Crippen molar-refractivity contribution in [3.05, 3.63) is 5.82 Å². The summed E-state index contributed by atoms with van der Waals surface area (Å²) in [4.78, 5) is 0. The minimum Gasteiger partial charge on any atom is -0.366 e. The van der Waals surface area contributed by atoms with E-state index in [0.717, 1.165) is 12.8 Å². The van der Waals surface area contributed by atoms with Crippen LogP contribution in [0.2, 0.25) is 0 Å². The van der Waals surface area contributed by atoms with Crippen LogP contribution in [0.25, 0.3) is 0 Å². The van der Waals surface area contributed by atoms with Crippen LogP contribution in [0.4, 0.5) is 5.95 Å². The SMILES string of the molecule is Nc1nnc(CC2(N)CCCCC2)n1N. The topological polar surface area (TPSA) is 109 Å². The van der Waals surface area contributed by atoms with Gasteiger partial charge in [0.25, 0.3) is 0 Å². The molecule has 0 aromatic carbocycles. The van der Waals surface area contributed by atoms with Crippen LogP contribution in [0.1, 0.15) is 37.9 Å². The van der Waals surface area contributed by atoms with Crippen molar-refractivity contribution in [1.29, 1.82) is 0 Å². The largest absolute Gasteiger partial charge is 0.366 e. The molecular weight excluding hydrogens is 192 g/mol. The van der Waals surface area contributed by atoms with Crippen molar-refractivity contribution in [1.82, 2.24) is 14.9 Å². The molecule has 84 valence electrons. The van der Waals surface area contributed by atoms with Crippen LogP contribution in [-0.2, 0) is 6.42 Å². The zero-order valence-corrected chi connectivity index (χ0v) is 8.82. The first-order valence-corrected chi connectivity index (χ1v) is 5.34. The molecule has 1 aromatic rings.